The zero-order valence-electron chi connectivity index (χ0n) is 15.0. The van der Waals surface area contributed by atoms with E-state index in [2.05, 4.69) is 36.2 Å². The summed E-state index contributed by atoms with van der Waals surface area (Å²) in [6, 6.07) is 8.19. The van der Waals surface area contributed by atoms with E-state index in [4.69, 9.17) is 21.0 Å². The van der Waals surface area contributed by atoms with Gasteiger partial charge in [-0.1, -0.05) is 42.8 Å². The van der Waals surface area contributed by atoms with E-state index in [0.717, 1.165) is 54.3 Å². The normalized spacial score (nSPS) is 22.5. The molecule has 2 atom stereocenters. The van der Waals surface area contributed by atoms with Crippen molar-refractivity contribution in [3.8, 4) is 0 Å². The van der Waals surface area contributed by atoms with Crippen molar-refractivity contribution in [3.63, 3.8) is 0 Å². The molecule has 1 aromatic heterocycles. The fourth-order valence-electron chi connectivity index (χ4n) is 3.66. The molecular weight excluding hydrogens is 344 g/mol. The molecule has 0 bridgehead atoms. The Morgan fingerprint density at radius 1 is 1.31 bits per heavy atom. The van der Waals surface area contributed by atoms with Crippen molar-refractivity contribution in [3.05, 3.63) is 70.4 Å². The lowest BCUT2D eigenvalue weighted by Crippen LogP contribution is -2.02. The molecule has 0 N–H and O–H groups in total. The van der Waals surface area contributed by atoms with E-state index in [9.17, 15) is 0 Å². The minimum Gasteiger partial charge on any atom is -0.440 e. The highest BCUT2D eigenvalue weighted by atomic mass is 35.5. The number of halogens is 1. The van der Waals surface area contributed by atoms with Crippen LogP contribution in [0, 0.1) is 5.92 Å². The Hall–Kier alpha value is -2.13. The molecule has 26 heavy (non-hydrogen) atoms. The summed E-state index contributed by atoms with van der Waals surface area (Å²) in [7, 11) is 0. The molecule has 2 aromatic rings. The first-order valence-electron chi connectivity index (χ1n) is 9.40. The highest BCUT2D eigenvalue weighted by molar-refractivity contribution is 6.30. The number of hydrogen-bond acceptors (Lipinski definition) is 3. The van der Waals surface area contributed by atoms with E-state index < -0.39 is 0 Å². The molecule has 1 aliphatic carbocycles. The van der Waals surface area contributed by atoms with Gasteiger partial charge >= 0.3 is 0 Å². The van der Waals surface area contributed by atoms with Crippen LogP contribution in [0.25, 0.3) is 5.70 Å². The molecule has 4 rings (SSSR count). The smallest absolute Gasteiger partial charge is 0.245 e. The molecule has 0 fully saturated rings. The van der Waals surface area contributed by atoms with Gasteiger partial charge in [-0.05, 0) is 49.0 Å². The van der Waals surface area contributed by atoms with E-state index in [1.165, 1.54) is 5.56 Å². The highest BCUT2D eigenvalue weighted by Crippen LogP contribution is 2.34. The van der Waals surface area contributed by atoms with Crippen LogP contribution in [0.5, 0.6) is 0 Å². The van der Waals surface area contributed by atoms with Crippen LogP contribution in [0.2, 0.25) is 5.02 Å². The number of aromatic nitrogens is 1. The topological polar surface area (TPSA) is 38.4 Å². The summed E-state index contributed by atoms with van der Waals surface area (Å²) in [5.74, 6) is 2.47. The number of aryl methyl sites for hydroxylation is 1. The van der Waals surface area contributed by atoms with Crippen LogP contribution in [-0.2, 0) is 12.8 Å². The summed E-state index contributed by atoms with van der Waals surface area (Å²) < 4.78 is 6.10. The SMILES string of the molecule is CCC1C=CC=C(c2nc3c(o2)CCCC(c2cccc(Cl)c2)C3)N=C1. The van der Waals surface area contributed by atoms with Crippen molar-refractivity contribution in [2.24, 2.45) is 10.9 Å². The lowest BCUT2D eigenvalue weighted by atomic mass is 9.92. The second kappa shape index (κ2) is 7.63. The van der Waals surface area contributed by atoms with Gasteiger partial charge in [0.15, 0.2) is 0 Å². The highest BCUT2D eigenvalue weighted by Gasteiger charge is 2.24. The molecule has 0 amide bonds. The maximum absolute atomic E-state index is 6.19. The van der Waals surface area contributed by atoms with E-state index in [1.807, 2.05) is 24.4 Å². The summed E-state index contributed by atoms with van der Waals surface area (Å²) >= 11 is 6.19. The van der Waals surface area contributed by atoms with Gasteiger partial charge in [-0.15, -0.1) is 0 Å². The predicted molar refractivity (Wildman–Crippen MR) is 107 cm³/mol. The van der Waals surface area contributed by atoms with Crippen molar-refractivity contribution in [2.45, 2.75) is 44.9 Å². The van der Waals surface area contributed by atoms with Gasteiger partial charge in [0.25, 0.3) is 0 Å². The van der Waals surface area contributed by atoms with Crippen molar-refractivity contribution in [1.29, 1.82) is 0 Å². The molecule has 2 heterocycles. The number of rotatable bonds is 3. The summed E-state index contributed by atoms with van der Waals surface area (Å²) in [5, 5.41) is 0.794. The number of fused-ring (bicyclic) bond motifs is 1. The average molecular weight is 367 g/mol. The Balaban J connectivity index is 1.60. The van der Waals surface area contributed by atoms with Crippen molar-refractivity contribution in [1.82, 2.24) is 4.98 Å². The average Bonchev–Trinajstić information content (AvgIpc) is 2.82. The van der Waals surface area contributed by atoms with E-state index >= 15 is 0 Å². The first kappa shape index (κ1) is 17.3. The van der Waals surface area contributed by atoms with Gasteiger partial charge in [0.1, 0.15) is 11.5 Å². The van der Waals surface area contributed by atoms with Crippen molar-refractivity contribution < 1.29 is 4.42 Å². The Morgan fingerprint density at radius 3 is 3.08 bits per heavy atom. The Bertz CT molecular complexity index is 878. The lowest BCUT2D eigenvalue weighted by molar-refractivity contribution is 0.481. The summed E-state index contributed by atoms with van der Waals surface area (Å²) in [5.41, 5.74) is 3.17. The molecule has 0 spiro atoms. The largest absolute Gasteiger partial charge is 0.440 e. The molecule has 2 aliphatic rings. The van der Waals surface area contributed by atoms with Gasteiger partial charge in [-0.25, -0.2) is 4.98 Å². The van der Waals surface area contributed by atoms with Crippen LogP contribution in [-0.4, -0.2) is 11.2 Å². The molecule has 0 saturated carbocycles. The second-order valence-corrected chi connectivity index (χ2v) is 7.46. The van der Waals surface area contributed by atoms with Crippen LogP contribution in [0.3, 0.4) is 0 Å². The van der Waals surface area contributed by atoms with Crippen molar-refractivity contribution >= 4 is 23.5 Å². The number of hydrogen-bond donors (Lipinski definition) is 0. The quantitative estimate of drug-likeness (QED) is 0.625. The monoisotopic (exact) mass is 366 g/mol. The first-order valence-corrected chi connectivity index (χ1v) is 9.78. The third kappa shape index (κ3) is 3.68. The zero-order valence-corrected chi connectivity index (χ0v) is 15.7. The van der Waals surface area contributed by atoms with Crippen LogP contribution in [0.15, 0.2) is 51.9 Å². The Labute approximate surface area is 159 Å². The van der Waals surface area contributed by atoms with Gasteiger partial charge in [0.2, 0.25) is 5.89 Å². The summed E-state index contributed by atoms with van der Waals surface area (Å²) in [6.45, 7) is 2.16. The maximum Gasteiger partial charge on any atom is 0.245 e. The predicted octanol–water partition coefficient (Wildman–Crippen LogP) is 6.00. The number of benzene rings is 1. The van der Waals surface area contributed by atoms with E-state index in [-0.39, 0.29) is 0 Å². The number of nitrogens with zero attached hydrogens (tertiary/aromatic N) is 2. The van der Waals surface area contributed by atoms with Crippen LogP contribution in [0.1, 0.15) is 55.0 Å². The summed E-state index contributed by atoms with van der Waals surface area (Å²) in [6.07, 6.45) is 13.3. The van der Waals surface area contributed by atoms with Gasteiger partial charge < -0.3 is 4.42 Å². The minimum absolute atomic E-state index is 0.378. The first-order chi connectivity index (χ1) is 12.7. The Morgan fingerprint density at radius 2 is 2.23 bits per heavy atom. The van der Waals surface area contributed by atoms with Crippen LogP contribution >= 0.6 is 11.6 Å². The fraction of sp³-hybridized carbons (Fsp3) is 0.364. The van der Waals surface area contributed by atoms with Gasteiger partial charge in [-0.3, -0.25) is 4.99 Å². The third-order valence-electron chi connectivity index (χ3n) is 5.20. The van der Waals surface area contributed by atoms with Gasteiger partial charge in [-0.2, -0.15) is 0 Å². The third-order valence-corrected chi connectivity index (χ3v) is 5.44. The van der Waals surface area contributed by atoms with Crippen molar-refractivity contribution in [2.75, 3.05) is 0 Å². The number of oxazole rings is 1. The molecule has 1 aliphatic heterocycles. The molecule has 0 saturated heterocycles. The molecule has 2 unspecified atom stereocenters. The zero-order chi connectivity index (χ0) is 17.9. The van der Waals surface area contributed by atoms with Crippen LogP contribution < -0.4 is 0 Å². The number of allylic oxidation sites excluding steroid dienone is 3. The molecule has 134 valence electrons. The lowest BCUT2D eigenvalue weighted by Gasteiger charge is -2.14. The minimum atomic E-state index is 0.378. The Kier molecular flexibility index (Phi) is 5.07. The standard InChI is InChI=1S/C22H23ClN2O/c1-2-15-6-3-10-19(24-14-15)22-25-20-13-17(8-5-11-21(20)26-22)16-7-4-9-18(23)12-16/h3-4,6-7,9-10,12,14-15,17H,2,5,8,11,13H2,1H3. The molecular formula is C22H23ClN2O. The molecule has 0 radical (unpaired) electrons. The molecule has 3 nitrogen and oxygen atoms in total. The van der Waals surface area contributed by atoms with E-state index in [0.29, 0.717) is 17.7 Å². The van der Waals surface area contributed by atoms with E-state index in [1.54, 1.807) is 0 Å². The van der Waals surface area contributed by atoms with Gasteiger partial charge in [0, 0.05) is 30.0 Å². The number of aliphatic imine (C=N–C) groups is 1. The van der Waals surface area contributed by atoms with Crippen LogP contribution in [0.4, 0.5) is 0 Å². The molecule has 4 heteroatoms. The maximum atomic E-state index is 6.19. The fourth-order valence-corrected chi connectivity index (χ4v) is 3.86. The summed E-state index contributed by atoms with van der Waals surface area (Å²) in [4.78, 5) is 9.41. The van der Waals surface area contributed by atoms with Gasteiger partial charge in [0.05, 0.1) is 5.69 Å². The molecule has 1 aromatic carbocycles. The second-order valence-electron chi connectivity index (χ2n) is 7.02.